The molecule has 1 aliphatic carbocycles. The summed E-state index contributed by atoms with van der Waals surface area (Å²) >= 11 is 0. The number of rotatable bonds is 7. The molecule has 0 radical (unpaired) electrons. The minimum absolute atomic E-state index is 0.000440. The van der Waals surface area contributed by atoms with Crippen molar-refractivity contribution in [2.75, 3.05) is 6.61 Å². The van der Waals surface area contributed by atoms with Gasteiger partial charge in [-0.1, -0.05) is 17.3 Å². The molecule has 1 unspecified atom stereocenters. The Labute approximate surface area is 151 Å². The fourth-order valence-corrected chi connectivity index (χ4v) is 3.21. The molecule has 1 saturated heterocycles. The molecule has 140 valence electrons. The van der Waals surface area contributed by atoms with E-state index in [2.05, 4.69) is 10.3 Å². The summed E-state index contributed by atoms with van der Waals surface area (Å²) in [7, 11) is 0. The molecule has 0 N–H and O–H groups in total. The molecular weight excluding hydrogens is 340 g/mol. The number of hydrogen-bond acceptors (Lipinski definition) is 4. The van der Waals surface area contributed by atoms with Crippen LogP contribution in [-0.2, 0) is 22.5 Å². The number of benzene rings is 1. The van der Waals surface area contributed by atoms with E-state index in [1.54, 1.807) is 16.8 Å². The van der Waals surface area contributed by atoms with Crippen LogP contribution in [0.5, 0.6) is 0 Å². The van der Waals surface area contributed by atoms with Crippen LogP contribution in [0.25, 0.3) is 5.69 Å². The summed E-state index contributed by atoms with van der Waals surface area (Å²) in [6.07, 6.45) is 3.74. The third-order valence-corrected chi connectivity index (χ3v) is 4.96. The zero-order valence-corrected chi connectivity index (χ0v) is 14.6. The molecule has 0 bridgehead atoms. The van der Waals surface area contributed by atoms with E-state index in [0.717, 1.165) is 43.7 Å². The second-order valence-corrected chi connectivity index (χ2v) is 7.04. The molecular formula is C19H23F2N3O2. The van der Waals surface area contributed by atoms with Crippen LogP contribution in [0.15, 0.2) is 24.3 Å². The molecule has 2 fully saturated rings. The van der Waals surface area contributed by atoms with Crippen molar-refractivity contribution >= 4 is 0 Å². The maximum atomic E-state index is 12.8. The summed E-state index contributed by atoms with van der Waals surface area (Å²) in [5.41, 5.74) is 2.53. The molecule has 1 atom stereocenters. The molecule has 1 aromatic heterocycles. The van der Waals surface area contributed by atoms with Crippen LogP contribution in [0, 0.1) is 5.92 Å². The average molecular weight is 363 g/mol. The van der Waals surface area contributed by atoms with Crippen LogP contribution in [0.3, 0.4) is 0 Å². The zero-order chi connectivity index (χ0) is 17.9. The van der Waals surface area contributed by atoms with Gasteiger partial charge in [-0.15, -0.1) is 5.10 Å². The number of alkyl halides is 2. The van der Waals surface area contributed by atoms with Gasteiger partial charge in [0.1, 0.15) is 0 Å². The Bertz CT molecular complexity index is 723. The van der Waals surface area contributed by atoms with Gasteiger partial charge in [0.25, 0.3) is 6.43 Å². The topological polar surface area (TPSA) is 49.2 Å². The Balaban J connectivity index is 1.55. The molecule has 1 aromatic carbocycles. The van der Waals surface area contributed by atoms with E-state index in [9.17, 15) is 8.78 Å². The van der Waals surface area contributed by atoms with Gasteiger partial charge < -0.3 is 9.47 Å². The molecule has 0 spiro atoms. The van der Waals surface area contributed by atoms with Gasteiger partial charge in [-0.25, -0.2) is 13.5 Å². The monoisotopic (exact) mass is 363 g/mol. The van der Waals surface area contributed by atoms with E-state index in [0.29, 0.717) is 18.2 Å². The van der Waals surface area contributed by atoms with Crippen molar-refractivity contribution in [1.82, 2.24) is 15.0 Å². The smallest absolute Gasteiger partial charge is 0.263 e. The number of aromatic nitrogens is 3. The Morgan fingerprint density at radius 2 is 1.96 bits per heavy atom. The van der Waals surface area contributed by atoms with Crippen LogP contribution in [0.1, 0.15) is 55.5 Å². The van der Waals surface area contributed by atoms with Crippen molar-refractivity contribution in [2.24, 2.45) is 5.92 Å². The molecule has 1 saturated carbocycles. The van der Waals surface area contributed by atoms with Gasteiger partial charge in [0.15, 0.2) is 6.29 Å². The highest BCUT2D eigenvalue weighted by Crippen LogP contribution is 2.33. The minimum atomic E-state index is -2.48. The first-order valence-corrected chi connectivity index (χ1v) is 9.26. The summed E-state index contributed by atoms with van der Waals surface area (Å²) in [5.74, 6) is 0.672. The quantitative estimate of drug-likeness (QED) is 0.740. The van der Waals surface area contributed by atoms with Crippen LogP contribution in [0.2, 0.25) is 0 Å². The lowest BCUT2D eigenvalue weighted by Crippen LogP contribution is -2.23. The first-order valence-electron chi connectivity index (χ1n) is 9.26. The van der Waals surface area contributed by atoms with Gasteiger partial charge in [-0.3, -0.25) is 0 Å². The predicted molar refractivity (Wildman–Crippen MR) is 91.1 cm³/mol. The highest BCUT2D eigenvalue weighted by molar-refractivity contribution is 5.36. The van der Waals surface area contributed by atoms with Crippen molar-refractivity contribution in [2.45, 2.75) is 57.8 Å². The first-order chi connectivity index (χ1) is 12.7. The van der Waals surface area contributed by atoms with Crippen molar-refractivity contribution in [3.8, 4) is 5.69 Å². The Morgan fingerprint density at radius 3 is 2.62 bits per heavy atom. The van der Waals surface area contributed by atoms with E-state index in [-0.39, 0.29) is 11.9 Å². The maximum absolute atomic E-state index is 12.8. The Kier molecular flexibility index (Phi) is 5.26. The van der Waals surface area contributed by atoms with Gasteiger partial charge >= 0.3 is 0 Å². The molecule has 7 heteroatoms. The fourth-order valence-electron chi connectivity index (χ4n) is 3.21. The zero-order valence-electron chi connectivity index (χ0n) is 14.6. The second kappa shape index (κ2) is 7.80. The number of ether oxygens (including phenoxy) is 2. The Hall–Kier alpha value is -1.86. The van der Waals surface area contributed by atoms with Crippen LogP contribution >= 0.6 is 0 Å². The number of hydrogen-bond donors (Lipinski definition) is 0. The lowest BCUT2D eigenvalue weighted by atomic mass is 10.1. The first kappa shape index (κ1) is 17.5. The minimum Gasteiger partial charge on any atom is -0.353 e. The molecule has 26 heavy (non-hydrogen) atoms. The van der Waals surface area contributed by atoms with Crippen molar-refractivity contribution < 1.29 is 18.3 Å². The molecule has 2 aromatic rings. The lowest BCUT2D eigenvalue weighted by molar-refractivity contribution is -0.169. The predicted octanol–water partition coefficient (Wildman–Crippen LogP) is 4.20. The second-order valence-electron chi connectivity index (χ2n) is 7.04. The summed E-state index contributed by atoms with van der Waals surface area (Å²) in [6.45, 7) is 1.09. The van der Waals surface area contributed by atoms with Gasteiger partial charge in [-0.05, 0) is 56.6 Å². The van der Waals surface area contributed by atoms with E-state index in [1.807, 2.05) is 0 Å². The number of nitrogens with zero attached hydrogens (tertiary/aromatic N) is 3. The molecule has 0 amide bonds. The van der Waals surface area contributed by atoms with Crippen LogP contribution in [-0.4, -0.2) is 27.9 Å². The normalized spacial score (nSPS) is 20.7. The largest absolute Gasteiger partial charge is 0.353 e. The third-order valence-electron chi connectivity index (χ3n) is 4.96. The lowest BCUT2D eigenvalue weighted by Gasteiger charge is -2.23. The van der Waals surface area contributed by atoms with Crippen LogP contribution in [0.4, 0.5) is 8.78 Å². The van der Waals surface area contributed by atoms with Crippen molar-refractivity contribution in [3.63, 3.8) is 0 Å². The summed E-state index contributed by atoms with van der Waals surface area (Å²) in [6, 6.07) is 6.16. The molecule has 4 rings (SSSR count). The van der Waals surface area contributed by atoms with Gasteiger partial charge in [-0.2, -0.15) is 0 Å². The van der Waals surface area contributed by atoms with Crippen molar-refractivity contribution in [1.29, 1.82) is 0 Å². The summed E-state index contributed by atoms with van der Waals surface area (Å²) in [5, 5.41) is 8.60. The summed E-state index contributed by atoms with van der Waals surface area (Å²) in [4.78, 5) is 0. The average Bonchev–Trinajstić information content (AvgIpc) is 3.40. The summed E-state index contributed by atoms with van der Waals surface area (Å²) < 4.78 is 38.9. The third kappa shape index (κ3) is 4.10. The molecule has 2 aliphatic rings. The highest BCUT2D eigenvalue weighted by Gasteiger charge is 2.26. The molecule has 5 nitrogen and oxygen atoms in total. The molecule has 1 aliphatic heterocycles. The van der Waals surface area contributed by atoms with Crippen molar-refractivity contribution in [3.05, 3.63) is 41.2 Å². The maximum Gasteiger partial charge on any atom is 0.263 e. The Morgan fingerprint density at radius 1 is 1.15 bits per heavy atom. The highest BCUT2D eigenvalue weighted by atomic mass is 19.3. The molecule has 2 heterocycles. The van der Waals surface area contributed by atoms with E-state index in [1.165, 1.54) is 25.0 Å². The van der Waals surface area contributed by atoms with Gasteiger partial charge in [0.05, 0.1) is 23.7 Å². The van der Waals surface area contributed by atoms with E-state index < -0.39 is 6.43 Å². The van der Waals surface area contributed by atoms with Gasteiger partial charge in [0, 0.05) is 12.2 Å². The standard InChI is InChI=1S/C19H23F2N3O2/c20-19(21)14-6-8-15(9-7-14)24-17(12-26-18-3-1-2-10-25-18)16(22-23-24)11-13-4-5-13/h6-9,13,18-19H,1-5,10-12H2. The SMILES string of the molecule is FC(F)c1ccc(-n2nnc(CC3CC3)c2COC2CCCCO2)cc1. The van der Waals surface area contributed by atoms with Crippen LogP contribution < -0.4 is 0 Å². The van der Waals surface area contributed by atoms with E-state index in [4.69, 9.17) is 9.47 Å². The number of halogens is 2. The van der Waals surface area contributed by atoms with Gasteiger partial charge in [0.2, 0.25) is 0 Å². The fraction of sp³-hybridized carbons (Fsp3) is 0.579. The van der Waals surface area contributed by atoms with E-state index >= 15 is 0 Å².